The number of aryl methyl sites for hydroxylation is 1. The fourth-order valence-corrected chi connectivity index (χ4v) is 4.04. The van der Waals surface area contributed by atoms with Gasteiger partial charge in [0, 0.05) is 32.1 Å². The van der Waals surface area contributed by atoms with Crippen molar-refractivity contribution in [2.24, 2.45) is 13.0 Å². The van der Waals surface area contributed by atoms with E-state index in [1.807, 2.05) is 11.9 Å². The Morgan fingerprint density at radius 1 is 1.16 bits per heavy atom. The number of ether oxygens (including phenoxy) is 1. The van der Waals surface area contributed by atoms with E-state index < -0.39 is 0 Å². The number of fused-ring (bicyclic) bond motifs is 3. The predicted octanol–water partition coefficient (Wildman–Crippen LogP) is 3.02. The van der Waals surface area contributed by atoms with E-state index in [0.29, 0.717) is 26.3 Å². The molecular formula is C20H23N3O2. The third kappa shape index (κ3) is 2.37. The second-order valence-electron chi connectivity index (χ2n) is 7.30. The number of nitrogens with zero attached hydrogens (tertiary/aromatic N) is 3. The molecule has 5 nitrogen and oxygen atoms in total. The van der Waals surface area contributed by atoms with Crippen molar-refractivity contribution >= 4 is 27.8 Å². The molecule has 0 radical (unpaired) electrons. The van der Waals surface area contributed by atoms with Crippen molar-refractivity contribution < 1.29 is 9.53 Å². The molecule has 1 aliphatic carbocycles. The van der Waals surface area contributed by atoms with Crippen molar-refractivity contribution in [3.8, 4) is 0 Å². The number of carbonyl (C=O) groups is 1. The van der Waals surface area contributed by atoms with Crippen molar-refractivity contribution in [2.75, 3.05) is 26.3 Å². The van der Waals surface area contributed by atoms with Gasteiger partial charge in [-0.05, 0) is 30.9 Å². The lowest BCUT2D eigenvalue weighted by atomic mass is 10.2. The first kappa shape index (κ1) is 15.0. The van der Waals surface area contributed by atoms with Crippen molar-refractivity contribution in [3.63, 3.8) is 0 Å². The molecule has 25 heavy (non-hydrogen) atoms. The zero-order valence-electron chi connectivity index (χ0n) is 14.6. The Hall–Kier alpha value is -2.27. The number of hydrogen-bond acceptors (Lipinski definition) is 2. The molecule has 3 heterocycles. The summed E-state index contributed by atoms with van der Waals surface area (Å²) >= 11 is 0. The summed E-state index contributed by atoms with van der Waals surface area (Å²) in [6.45, 7) is 3.67. The maximum Gasteiger partial charge on any atom is 0.270 e. The Labute approximate surface area is 146 Å². The van der Waals surface area contributed by atoms with Crippen LogP contribution in [0.5, 0.6) is 0 Å². The summed E-state index contributed by atoms with van der Waals surface area (Å²) < 4.78 is 9.88. The van der Waals surface area contributed by atoms with Crippen LogP contribution >= 0.6 is 0 Å². The molecule has 3 aromatic rings. The van der Waals surface area contributed by atoms with Gasteiger partial charge in [-0.2, -0.15) is 0 Å². The van der Waals surface area contributed by atoms with Crippen LogP contribution in [0.2, 0.25) is 0 Å². The van der Waals surface area contributed by atoms with Gasteiger partial charge in [0.05, 0.1) is 29.8 Å². The zero-order valence-corrected chi connectivity index (χ0v) is 14.6. The van der Waals surface area contributed by atoms with Crippen molar-refractivity contribution in [1.29, 1.82) is 0 Å². The van der Waals surface area contributed by atoms with E-state index in [1.54, 1.807) is 0 Å². The second-order valence-corrected chi connectivity index (χ2v) is 7.30. The first-order valence-electron chi connectivity index (χ1n) is 9.17. The second kappa shape index (κ2) is 5.63. The highest BCUT2D eigenvalue weighted by Crippen LogP contribution is 2.37. The Morgan fingerprint density at radius 3 is 2.68 bits per heavy atom. The largest absolute Gasteiger partial charge is 0.378 e. The Kier molecular flexibility index (Phi) is 3.38. The van der Waals surface area contributed by atoms with E-state index in [0.717, 1.165) is 18.2 Å². The van der Waals surface area contributed by atoms with Crippen LogP contribution in [0.25, 0.3) is 21.9 Å². The van der Waals surface area contributed by atoms with Crippen LogP contribution in [0.4, 0.5) is 0 Å². The van der Waals surface area contributed by atoms with Crippen molar-refractivity contribution in [2.45, 2.75) is 19.4 Å². The van der Waals surface area contributed by atoms with E-state index in [1.165, 1.54) is 34.8 Å². The number of morpholine rings is 1. The number of benzene rings is 1. The quantitative estimate of drug-likeness (QED) is 0.737. The summed E-state index contributed by atoms with van der Waals surface area (Å²) in [4.78, 5) is 14.9. The molecule has 0 N–H and O–H groups in total. The number of amides is 1. The van der Waals surface area contributed by atoms with E-state index in [-0.39, 0.29) is 5.91 Å². The number of hydrogen-bond donors (Lipinski definition) is 0. The smallest absolute Gasteiger partial charge is 0.270 e. The minimum Gasteiger partial charge on any atom is -0.378 e. The van der Waals surface area contributed by atoms with Gasteiger partial charge in [0.1, 0.15) is 5.69 Å². The van der Waals surface area contributed by atoms with E-state index in [4.69, 9.17) is 4.74 Å². The topological polar surface area (TPSA) is 39.4 Å². The lowest BCUT2D eigenvalue weighted by Crippen LogP contribution is -2.41. The van der Waals surface area contributed by atoms with E-state index in [2.05, 4.69) is 39.5 Å². The molecule has 0 atom stereocenters. The lowest BCUT2D eigenvalue weighted by Gasteiger charge is -2.26. The number of aromatic nitrogens is 2. The van der Waals surface area contributed by atoms with Crippen LogP contribution in [0, 0.1) is 5.92 Å². The van der Waals surface area contributed by atoms with Crippen LogP contribution in [0.3, 0.4) is 0 Å². The van der Waals surface area contributed by atoms with E-state index in [9.17, 15) is 4.79 Å². The van der Waals surface area contributed by atoms with Crippen molar-refractivity contribution in [3.05, 3.63) is 36.0 Å². The summed E-state index contributed by atoms with van der Waals surface area (Å²) in [5, 5.41) is 1.24. The number of carbonyl (C=O) groups excluding carboxylic acids is 1. The average molecular weight is 337 g/mol. The summed E-state index contributed by atoms with van der Waals surface area (Å²) in [7, 11) is 2.02. The summed E-state index contributed by atoms with van der Waals surface area (Å²) in [5.41, 5.74) is 4.42. The summed E-state index contributed by atoms with van der Waals surface area (Å²) in [6, 6.07) is 10.6. The van der Waals surface area contributed by atoms with Gasteiger partial charge in [0.2, 0.25) is 0 Å². The molecule has 0 bridgehead atoms. The first-order valence-corrected chi connectivity index (χ1v) is 9.17. The molecule has 2 aliphatic rings. The molecule has 2 aromatic heterocycles. The van der Waals surface area contributed by atoms with Crippen LogP contribution < -0.4 is 0 Å². The highest BCUT2D eigenvalue weighted by Gasteiger charge is 2.27. The predicted molar refractivity (Wildman–Crippen MR) is 97.9 cm³/mol. The third-order valence-corrected chi connectivity index (χ3v) is 5.61. The van der Waals surface area contributed by atoms with Crippen LogP contribution in [-0.2, 0) is 18.3 Å². The monoisotopic (exact) mass is 337 g/mol. The fourth-order valence-electron chi connectivity index (χ4n) is 4.04. The normalized spacial score (nSPS) is 18.4. The Morgan fingerprint density at radius 2 is 1.92 bits per heavy atom. The maximum atomic E-state index is 13.0. The lowest BCUT2D eigenvalue weighted by molar-refractivity contribution is 0.0297. The van der Waals surface area contributed by atoms with Gasteiger partial charge >= 0.3 is 0 Å². The molecule has 1 aromatic carbocycles. The van der Waals surface area contributed by atoms with Gasteiger partial charge < -0.3 is 18.8 Å². The molecule has 1 saturated heterocycles. The number of rotatable bonds is 3. The summed E-state index contributed by atoms with van der Waals surface area (Å²) in [6.07, 6.45) is 2.64. The molecule has 1 aliphatic heterocycles. The molecule has 0 unspecified atom stereocenters. The molecule has 2 fully saturated rings. The molecule has 130 valence electrons. The third-order valence-electron chi connectivity index (χ3n) is 5.61. The first-order chi connectivity index (χ1) is 12.2. The molecule has 5 heteroatoms. The average Bonchev–Trinajstić information content (AvgIpc) is 3.34. The highest BCUT2D eigenvalue weighted by atomic mass is 16.5. The van der Waals surface area contributed by atoms with Gasteiger partial charge in [-0.25, -0.2) is 0 Å². The zero-order chi connectivity index (χ0) is 17.0. The molecule has 5 rings (SSSR count). The highest BCUT2D eigenvalue weighted by molar-refractivity contribution is 6.10. The fraction of sp³-hybridized carbons (Fsp3) is 0.450. The van der Waals surface area contributed by atoms with Gasteiger partial charge in [0.15, 0.2) is 0 Å². The van der Waals surface area contributed by atoms with Gasteiger partial charge in [-0.15, -0.1) is 0 Å². The van der Waals surface area contributed by atoms with Crippen LogP contribution in [0.1, 0.15) is 23.3 Å². The van der Waals surface area contributed by atoms with Gasteiger partial charge in [-0.1, -0.05) is 18.2 Å². The van der Waals surface area contributed by atoms with Crippen LogP contribution in [-0.4, -0.2) is 46.2 Å². The summed E-state index contributed by atoms with van der Waals surface area (Å²) in [5.74, 6) is 0.904. The Balaban J connectivity index is 1.66. The minimum absolute atomic E-state index is 0.115. The SMILES string of the molecule is Cn1c(C(=O)N2CCOCC2)cc2c1c1ccccc1n2CC1CC1. The molecule has 1 saturated carbocycles. The van der Waals surface area contributed by atoms with E-state index >= 15 is 0 Å². The van der Waals surface area contributed by atoms with Gasteiger partial charge in [0.25, 0.3) is 5.91 Å². The molecule has 0 spiro atoms. The van der Waals surface area contributed by atoms with Gasteiger partial charge in [-0.3, -0.25) is 4.79 Å². The minimum atomic E-state index is 0.115. The van der Waals surface area contributed by atoms with Crippen molar-refractivity contribution in [1.82, 2.24) is 14.0 Å². The molecule has 1 amide bonds. The maximum absolute atomic E-state index is 13.0. The standard InChI is InChI=1S/C20H23N3O2/c1-21-18(20(24)22-8-10-25-11-9-22)12-17-19(21)15-4-2-3-5-16(15)23(17)13-14-6-7-14/h2-5,12,14H,6-11,13H2,1H3. The number of para-hydroxylation sites is 1. The molecular weight excluding hydrogens is 314 g/mol. The van der Waals surface area contributed by atoms with Crippen LogP contribution in [0.15, 0.2) is 30.3 Å². The Bertz CT molecular complexity index is 958.